The van der Waals surface area contributed by atoms with Gasteiger partial charge in [-0.3, -0.25) is 9.59 Å². The van der Waals surface area contributed by atoms with E-state index in [2.05, 4.69) is 24.5 Å². The minimum atomic E-state index is -0.279. The van der Waals surface area contributed by atoms with Crippen LogP contribution in [0.3, 0.4) is 0 Å². The normalized spacial score (nSPS) is 11.6. The van der Waals surface area contributed by atoms with Gasteiger partial charge >= 0.3 is 0 Å². The quantitative estimate of drug-likeness (QED) is 0.759. The van der Waals surface area contributed by atoms with Gasteiger partial charge in [0.2, 0.25) is 5.91 Å². The van der Waals surface area contributed by atoms with Gasteiger partial charge in [0.1, 0.15) is 0 Å². The van der Waals surface area contributed by atoms with Crippen LogP contribution in [0, 0.1) is 0 Å². The number of hydrogen-bond acceptors (Lipinski definition) is 2. The van der Waals surface area contributed by atoms with Crippen molar-refractivity contribution in [1.29, 1.82) is 0 Å². The summed E-state index contributed by atoms with van der Waals surface area (Å²) in [6.07, 6.45) is 1.20. The van der Waals surface area contributed by atoms with Crippen LogP contribution in [0.5, 0.6) is 0 Å². The van der Waals surface area contributed by atoms with Crippen molar-refractivity contribution in [2.45, 2.75) is 32.6 Å². The molecule has 5 heteroatoms. The predicted molar refractivity (Wildman–Crippen MR) is 102 cm³/mol. The van der Waals surface area contributed by atoms with E-state index in [0.29, 0.717) is 16.5 Å². The van der Waals surface area contributed by atoms with Crippen molar-refractivity contribution in [2.24, 2.45) is 0 Å². The first-order valence-corrected chi connectivity index (χ1v) is 8.82. The van der Waals surface area contributed by atoms with Gasteiger partial charge < -0.3 is 10.6 Å². The van der Waals surface area contributed by atoms with Gasteiger partial charge in [-0.1, -0.05) is 55.8 Å². The third kappa shape index (κ3) is 5.33. The highest BCUT2D eigenvalue weighted by Crippen LogP contribution is 2.26. The van der Waals surface area contributed by atoms with Crippen LogP contribution in [0.15, 0.2) is 48.5 Å². The Kier molecular flexibility index (Phi) is 7.02. The first-order valence-electron chi connectivity index (χ1n) is 8.44. The fraction of sp³-hybridized carbons (Fsp3) is 0.300. The number of nitrogens with one attached hydrogen (secondary N) is 2. The largest absolute Gasteiger partial charge is 0.351 e. The Bertz CT molecular complexity index is 746. The number of carbonyl (C=O) groups excluding carboxylic acids is 2. The average Bonchev–Trinajstić information content (AvgIpc) is 2.61. The number of para-hydroxylation sites is 1. The molecule has 0 heterocycles. The zero-order chi connectivity index (χ0) is 18.2. The number of benzene rings is 2. The molecule has 2 rings (SSSR count). The van der Waals surface area contributed by atoms with Crippen molar-refractivity contribution in [1.82, 2.24) is 5.32 Å². The van der Waals surface area contributed by atoms with Crippen LogP contribution in [0.2, 0.25) is 5.02 Å². The molecule has 0 saturated heterocycles. The molecule has 25 heavy (non-hydrogen) atoms. The van der Waals surface area contributed by atoms with E-state index < -0.39 is 0 Å². The van der Waals surface area contributed by atoms with Gasteiger partial charge in [-0.2, -0.15) is 0 Å². The molecule has 2 N–H and O–H groups in total. The molecule has 1 atom stereocenters. The number of amides is 2. The van der Waals surface area contributed by atoms with Crippen LogP contribution in [-0.4, -0.2) is 18.4 Å². The minimum Gasteiger partial charge on any atom is -0.351 e. The summed E-state index contributed by atoms with van der Waals surface area (Å²) in [6, 6.07) is 14.6. The smallest absolute Gasteiger partial charge is 0.252 e. The zero-order valence-corrected chi connectivity index (χ0v) is 15.3. The monoisotopic (exact) mass is 358 g/mol. The van der Waals surface area contributed by atoms with Gasteiger partial charge in [0.15, 0.2) is 0 Å². The first kappa shape index (κ1) is 19.0. The van der Waals surface area contributed by atoms with E-state index in [-0.39, 0.29) is 24.8 Å². The van der Waals surface area contributed by atoms with Gasteiger partial charge in [0.05, 0.1) is 10.6 Å². The molecule has 0 spiro atoms. The summed E-state index contributed by atoms with van der Waals surface area (Å²) in [5.41, 5.74) is 2.37. The Morgan fingerprint density at radius 1 is 1.08 bits per heavy atom. The van der Waals surface area contributed by atoms with E-state index >= 15 is 0 Å². The summed E-state index contributed by atoms with van der Waals surface area (Å²) in [5.74, 6) is -0.0370. The van der Waals surface area contributed by atoms with Crippen LogP contribution in [0.4, 0.5) is 5.69 Å². The Hall–Kier alpha value is -2.33. The second kappa shape index (κ2) is 9.23. The third-order valence-electron chi connectivity index (χ3n) is 4.13. The molecule has 0 aromatic heterocycles. The maximum Gasteiger partial charge on any atom is 0.252 e. The Morgan fingerprint density at radius 3 is 2.48 bits per heavy atom. The number of carbonyl (C=O) groups is 2. The van der Waals surface area contributed by atoms with Crippen LogP contribution in [0.1, 0.15) is 48.5 Å². The van der Waals surface area contributed by atoms with Crippen molar-refractivity contribution in [3.8, 4) is 0 Å². The van der Waals surface area contributed by atoms with Crippen molar-refractivity contribution in [2.75, 3.05) is 11.9 Å². The highest BCUT2D eigenvalue weighted by molar-refractivity contribution is 6.33. The fourth-order valence-corrected chi connectivity index (χ4v) is 2.72. The van der Waals surface area contributed by atoms with Crippen LogP contribution in [0.25, 0.3) is 0 Å². The summed E-state index contributed by atoms with van der Waals surface area (Å²) in [5, 5.41) is 6.05. The molecule has 2 aromatic carbocycles. The van der Waals surface area contributed by atoms with E-state index in [0.717, 1.165) is 17.7 Å². The number of anilines is 1. The lowest BCUT2D eigenvalue weighted by molar-refractivity contribution is -0.116. The Labute approximate surface area is 153 Å². The van der Waals surface area contributed by atoms with E-state index in [4.69, 9.17) is 11.6 Å². The lowest BCUT2D eigenvalue weighted by Crippen LogP contribution is -2.28. The van der Waals surface area contributed by atoms with Crippen molar-refractivity contribution < 1.29 is 9.59 Å². The molecule has 2 aromatic rings. The summed E-state index contributed by atoms with van der Waals surface area (Å²) < 4.78 is 0. The maximum absolute atomic E-state index is 12.2. The van der Waals surface area contributed by atoms with Crippen molar-refractivity contribution in [3.63, 3.8) is 0 Å². The average molecular weight is 359 g/mol. The van der Waals surface area contributed by atoms with Gasteiger partial charge in [0.25, 0.3) is 5.91 Å². The molecule has 0 bridgehead atoms. The third-order valence-corrected chi connectivity index (χ3v) is 4.46. The number of halogens is 1. The Morgan fingerprint density at radius 2 is 1.76 bits per heavy atom. The molecule has 0 aliphatic heterocycles. The van der Waals surface area contributed by atoms with Gasteiger partial charge in [-0.15, -0.1) is 0 Å². The predicted octanol–water partition coefficient (Wildman–Crippen LogP) is 4.61. The summed E-state index contributed by atoms with van der Waals surface area (Å²) >= 11 is 5.99. The second-order valence-corrected chi connectivity index (χ2v) is 6.34. The van der Waals surface area contributed by atoms with E-state index in [9.17, 15) is 9.59 Å². The molecule has 0 saturated carbocycles. The van der Waals surface area contributed by atoms with Crippen LogP contribution in [-0.2, 0) is 4.79 Å². The Balaban J connectivity index is 1.88. The zero-order valence-electron chi connectivity index (χ0n) is 14.5. The first-order chi connectivity index (χ1) is 12.0. The van der Waals surface area contributed by atoms with Crippen LogP contribution < -0.4 is 10.6 Å². The van der Waals surface area contributed by atoms with Gasteiger partial charge in [-0.05, 0) is 36.1 Å². The summed E-state index contributed by atoms with van der Waals surface area (Å²) in [7, 11) is 0. The topological polar surface area (TPSA) is 58.2 Å². The van der Waals surface area contributed by atoms with Crippen LogP contribution >= 0.6 is 11.6 Å². The molecule has 0 aliphatic carbocycles. The lowest BCUT2D eigenvalue weighted by atomic mass is 9.97. The SMILES string of the molecule is CC[C@H](C)c1ccccc1NC(=O)CCNC(=O)c1ccccc1Cl. The maximum atomic E-state index is 12.2. The molecule has 0 radical (unpaired) electrons. The standard InChI is InChI=1S/C20H23ClN2O2/c1-3-14(2)15-8-5-7-11-18(15)23-19(24)12-13-22-20(25)16-9-4-6-10-17(16)21/h4-11,14H,3,12-13H2,1-2H3,(H,22,25)(H,23,24)/t14-/m0/s1. The van der Waals surface area contributed by atoms with E-state index in [1.54, 1.807) is 24.3 Å². The van der Waals surface area contributed by atoms with Gasteiger partial charge in [-0.25, -0.2) is 0 Å². The molecule has 4 nitrogen and oxygen atoms in total. The van der Waals surface area contributed by atoms with E-state index in [1.165, 1.54) is 0 Å². The molecule has 0 fully saturated rings. The molecular weight excluding hydrogens is 336 g/mol. The van der Waals surface area contributed by atoms with Crippen molar-refractivity contribution in [3.05, 3.63) is 64.7 Å². The second-order valence-electron chi connectivity index (χ2n) is 5.93. The van der Waals surface area contributed by atoms with E-state index in [1.807, 2.05) is 24.3 Å². The number of hydrogen-bond donors (Lipinski definition) is 2. The molecular formula is C20H23ClN2O2. The highest BCUT2D eigenvalue weighted by Gasteiger charge is 2.12. The molecule has 0 unspecified atom stereocenters. The summed E-state index contributed by atoms with van der Waals surface area (Å²) in [4.78, 5) is 24.2. The van der Waals surface area contributed by atoms with Gasteiger partial charge in [0, 0.05) is 18.7 Å². The highest BCUT2D eigenvalue weighted by atomic mass is 35.5. The minimum absolute atomic E-state index is 0.129. The lowest BCUT2D eigenvalue weighted by Gasteiger charge is -2.15. The molecule has 132 valence electrons. The molecule has 0 aliphatic rings. The molecule has 2 amide bonds. The summed E-state index contributed by atoms with van der Waals surface area (Å²) in [6.45, 7) is 4.50. The fourth-order valence-electron chi connectivity index (χ4n) is 2.50. The van der Waals surface area contributed by atoms with Crippen molar-refractivity contribution >= 4 is 29.1 Å². The number of rotatable bonds is 7.